The van der Waals surface area contributed by atoms with Crippen molar-refractivity contribution in [2.24, 2.45) is 0 Å². The molecule has 3 nitrogen and oxygen atoms in total. The number of hydrogen-bond donors (Lipinski definition) is 1. The van der Waals surface area contributed by atoms with Gasteiger partial charge in [-0.1, -0.05) is 42.5 Å². The van der Waals surface area contributed by atoms with Crippen molar-refractivity contribution in [1.29, 1.82) is 0 Å². The van der Waals surface area contributed by atoms with Gasteiger partial charge in [0.15, 0.2) is 0 Å². The lowest BCUT2D eigenvalue weighted by molar-refractivity contribution is 0.0338. The summed E-state index contributed by atoms with van der Waals surface area (Å²) < 4.78 is 5.47. The fourth-order valence-electron chi connectivity index (χ4n) is 1.98. The summed E-state index contributed by atoms with van der Waals surface area (Å²) in [6.07, 6.45) is -0.298. The van der Waals surface area contributed by atoms with Crippen LogP contribution in [0.15, 0.2) is 48.5 Å². The Hall–Kier alpha value is -2.29. The molecule has 2 rings (SSSR count). The predicted molar refractivity (Wildman–Crippen MR) is 75.9 cm³/mol. The van der Waals surface area contributed by atoms with Crippen molar-refractivity contribution in [3.8, 4) is 0 Å². The summed E-state index contributed by atoms with van der Waals surface area (Å²) in [5.74, 6) is -0.382. The average molecular weight is 255 g/mol. The minimum absolute atomic E-state index is 0.298. The van der Waals surface area contributed by atoms with Gasteiger partial charge in [-0.2, -0.15) is 0 Å². The first kappa shape index (κ1) is 13.1. The summed E-state index contributed by atoms with van der Waals surface area (Å²) in [5.41, 5.74) is 8.52. The van der Waals surface area contributed by atoms with Gasteiger partial charge in [0.25, 0.3) is 0 Å². The number of rotatable bonds is 3. The number of carbonyl (C=O) groups excluding carboxylic acids is 1. The third-order valence-corrected chi connectivity index (χ3v) is 3.06. The minimum atomic E-state index is -0.382. The average Bonchev–Trinajstić information content (AvgIpc) is 2.39. The standard InChI is InChI=1S/C16H17NO2/c1-11-7-6-10-14(17)15(11)16(18)19-12(2)13-8-4-3-5-9-13/h3-10,12H,17H2,1-2H3. The van der Waals surface area contributed by atoms with Gasteiger partial charge in [-0.3, -0.25) is 0 Å². The van der Waals surface area contributed by atoms with Gasteiger partial charge in [0.2, 0.25) is 0 Å². The van der Waals surface area contributed by atoms with Crippen LogP contribution in [-0.2, 0) is 4.74 Å². The first-order valence-corrected chi connectivity index (χ1v) is 6.20. The Morgan fingerprint density at radius 1 is 1.11 bits per heavy atom. The second-order valence-corrected chi connectivity index (χ2v) is 4.50. The maximum Gasteiger partial charge on any atom is 0.341 e. The number of nitrogen functional groups attached to an aromatic ring is 1. The van der Waals surface area contributed by atoms with Crippen molar-refractivity contribution >= 4 is 11.7 Å². The number of anilines is 1. The molecule has 2 aromatic rings. The van der Waals surface area contributed by atoms with E-state index in [9.17, 15) is 4.79 Å². The molecule has 0 fully saturated rings. The van der Waals surface area contributed by atoms with Crippen molar-refractivity contribution in [3.63, 3.8) is 0 Å². The van der Waals surface area contributed by atoms with Crippen molar-refractivity contribution < 1.29 is 9.53 Å². The van der Waals surface area contributed by atoms with E-state index in [0.717, 1.165) is 11.1 Å². The summed E-state index contributed by atoms with van der Waals surface area (Å²) >= 11 is 0. The molecule has 0 saturated heterocycles. The largest absolute Gasteiger partial charge is 0.454 e. The lowest BCUT2D eigenvalue weighted by Gasteiger charge is -2.15. The number of ether oxygens (including phenoxy) is 1. The van der Waals surface area contributed by atoms with E-state index < -0.39 is 0 Å². The number of esters is 1. The molecule has 1 unspecified atom stereocenters. The second kappa shape index (κ2) is 5.57. The summed E-state index contributed by atoms with van der Waals surface area (Å²) in [5, 5.41) is 0. The van der Waals surface area contributed by atoms with E-state index in [-0.39, 0.29) is 12.1 Å². The molecule has 0 aromatic heterocycles. The number of aryl methyl sites for hydroxylation is 1. The van der Waals surface area contributed by atoms with Crippen LogP contribution in [0.1, 0.15) is 34.5 Å². The molecular formula is C16H17NO2. The SMILES string of the molecule is Cc1cccc(N)c1C(=O)OC(C)c1ccccc1. The van der Waals surface area contributed by atoms with Crippen LogP contribution in [0.2, 0.25) is 0 Å². The predicted octanol–water partition coefficient (Wildman–Crippen LogP) is 3.50. The molecular weight excluding hydrogens is 238 g/mol. The fraction of sp³-hybridized carbons (Fsp3) is 0.188. The smallest absolute Gasteiger partial charge is 0.341 e. The number of benzene rings is 2. The highest BCUT2D eigenvalue weighted by molar-refractivity contribution is 5.96. The molecule has 2 aromatic carbocycles. The summed E-state index contributed by atoms with van der Waals surface area (Å²) in [4.78, 5) is 12.2. The van der Waals surface area contributed by atoms with Crippen molar-refractivity contribution in [2.75, 3.05) is 5.73 Å². The number of carbonyl (C=O) groups is 1. The van der Waals surface area contributed by atoms with Crippen LogP contribution < -0.4 is 5.73 Å². The van der Waals surface area contributed by atoms with E-state index in [4.69, 9.17) is 10.5 Å². The van der Waals surface area contributed by atoms with E-state index in [1.54, 1.807) is 6.07 Å². The Morgan fingerprint density at radius 2 is 1.79 bits per heavy atom. The van der Waals surface area contributed by atoms with Crippen LogP contribution in [-0.4, -0.2) is 5.97 Å². The fourth-order valence-corrected chi connectivity index (χ4v) is 1.98. The van der Waals surface area contributed by atoms with Gasteiger partial charge < -0.3 is 10.5 Å². The molecule has 1 atom stereocenters. The number of hydrogen-bond acceptors (Lipinski definition) is 3. The lowest BCUT2D eigenvalue weighted by Crippen LogP contribution is -2.12. The lowest BCUT2D eigenvalue weighted by atomic mass is 10.1. The zero-order chi connectivity index (χ0) is 13.8. The van der Waals surface area contributed by atoms with Gasteiger partial charge in [-0.05, 0) is 31.0 Å². The van der Waals surface area contributed by atoms with Crippen LogP contribution in [0.4, 0.5) is 5.69 Å². The monoisotopic (exact) mass is 255 g/mol. The third kappa shape index (κ3) is 2.94. The van der Waals surface area contributed by atoms with E-state index in [1.165, 1.54) is 0 Å². The van der Waals surface area contributed by atoms with Crippen LogP contribution in [0.5, 0.6) is 0 Å². The first-order chi connectivity index (χ1) is 9.09. The quantitative estimate of drug-likeness (QED) is 0.674. The highest BCUT2D eigenvalue weighted by Gasteiger charge is 2.17. The molecule has 0 heterocycles. The zero-order valence-electron chi connectivity index (χ0n) is 11.1. The van der Waals surface area contributed by atoms with Gasteiger partial charge >= 0.3 is 5.97 Å². The highest BCUT2D eigenvalue weighted by Crippen LogP contribution is 2.22. The van der Waals surface area contributed by atoms with Gasteiger partial charge in [-0.25, -0.2) is 4.79 Å². The van der Waals surface area contributed by atoms with E-state index in [0.29, 0.717) is 11.3 Å². The molecule has 0 bridgehead atoms. The van der Waals surface area contributed by atoms with Crippen molar-refractivity contribution in [1.82, 2.24) is 0 Å². The normalized spacial score (nSPS) is 11.9. The molecule has 19 heavy (non-hydrogen) atoms. The molecule has 0 amide bonds. The molecule has 0 spiro atoms. The van der Waals surface area contributed by atoms with Crippen LogP contribution in [0.3, 0.4) is 0 Å². The zero-order valence-corrected chi connectivity index (χ0v) is 11.1. The topological polar surface area (TPSA) is 52.3 Å². The van der Waals surface area contributed by atoms with Crippen molar-refractivity contribution in [3.05, 3.63) is 65.2 Å². The Balaban J connectivity index is 2.18. The van der Waals surface area contributed by atoms with E-state index in [2.05, 4.69) is 0 Å². The van der Waals surface area contributed by atoms with Gasteiger partial charge in [0.1, 0.15) is 6.10 Å². The maximum absolute atomic E-state index is 12.2. The van der Waals surface area contributed by atoms with Gasteiger partial charge in [0, 0.05) is 5.69 Å². The van der Waals surface area contributed by atoms with Crippen LogP contribution in [0.25, 0.3) is 0 Å². The van der Waals surface area contributed by atoms with E-state index >= 15 is 0 Å². The summed E-state index contributed by atoms with van der Waals surface area (Å²) in [7, 11) is 0. The molecule has 98 valence electrons. The molecule has 0 saturated carbocycles. The summed E-state index contributed by atoms with van der Waals surface area (Å²) in [6, 6.07) is 15.0. The molecule has 0 radical (unpaired) electrons. The molecule has 0 aliphatic carbocycles. The molecule has 0 aliphatic rings. The first-order valence-electron chi connectivity index (χ1n) is 6.20. The van der Waals surface area contributed by atoms with E-state index in [1.807, 2.05) is 56.3 Å². The Morgan fingerprint density at radius 3 is 2.42 bits per heavy atom. The third-order valence-electron chi connectivity index (χ3n) is 3.06. The van der Waals surface area contributed by atoms with Gasteiger partial charge in [0.05, 0.1) is 5.56 Å². The Bertz CT molecular complexity index is 558. The maximum atomic E-state index is 12.2. The van der Waals surface area contributed by atoms with Crippen LogP contribution in [0, 0.1) is 6.92 Å². The minimum Gasteiger partial charge on any atom is -0.454 e. The molecule has 0 aliphatic heterocycles. The van der Waals surface area contributed by atoms with Crippen LogP contribution >= 0.6 is 0 Å². The van der Waals surface area contributed by atoms with Gasteiger partial charge in [-0.15, -0.1) is 0 Å². The molecule has 3 heteroatoms. The Kier molecular flexibility index (Phi) is 3.85. The Labute approximate surface area is 113 Å². The summed E-state index contributed by atoms with van der Waals surface area (Å²) in [6.45, 7) is 3.70. The van der Waals surface area contributed by atoms with Crippen molar-refractivity contribution in [2.45, 2.75) is 20.0 Å². The second-order valence-electron chi connectivity index (χ2n) is 4.50. The highest BCUT2D eigenvalue weighted by atomic mass is 16.5. The number of nitrogens with two attached hydrogens (primary N) is 1. The molecule has 2 N–H and O–H groups in total.